The number of hydrogen-bond acceptors (Lipinski definition) is 3. The molecule has 3 heteroatoms. The second-order valence-corrected chi connectivity index (χ2v) is 4.91. The molecular weight excluding hydrogens is 212 g/mol. The summed E-state index contributed by atoms with van der Waals surface area (Å²) in [6.07, 6.45) is 3.45. The zero-order valence-electron chi connectivity index (χ0n) is 10.5. The zero-order chi connectivity index (χ0) is 12.3. The van der Waals surface area contributed by atoms with E-state index in [4.69, 9.17) is 5.73 Å². The second-order valence-electron chi connectivity index (χ2n) is 4.91. The van der Waals surface area contributed by atoms with Crippen LogP contribution in [-0.2, 0) is 13.1 Å². The summed E-state index contributed by atoms with van der Waals surface area (Å²) in [4.78, 5) is 2.36. The second kappa shape index (κ2) is 5.52. The number of unbranched alkanes of at least 4 members (excludes halogenated alkanes) is 1. The van der Waals surface area contributed by atoms with Gasteiger partial charge in [0.05, 0.1) is 6.61 Å². The van der Waals surface area contributed by atoms with Crippen LogP contribution in [0.15, 0.2) is 18.2 Å². The molecule has 0 aromatic heterocycles. The van der Waals surface area contributed by atoms with Gasteiger partial charge in [-0.25, -0.2) is 0 Å². The summed E-state index contributed by atoms with van der Waals surface area (Å²) in [5.41, 5.74) is 9.31. The van der Waals surface area contributed by atoms with E-state index in [1.807, 2.05) is 6.07 Å². The van der Waals surface area contributed by atoms with Crippen LogP contribution in [0.1, 0.15) is 37.3 Å². The van der Waals surface area contributed by atoms with Gasteiger partial charge in [-0.05, 0) is 29.7 Å². The molecule has 1 aromatic carbocycles. The van der Waals surface area contributed by atoms with Crippen molar-refractivity contribution < 1.29 is 5.11 Å². The van der Waals surface area contributed by atoms with Gasteiger partial charge >= 0.3 is 0 Å². The number of rotatable bonds is 5. The summed E-state index contributed by atoms with van der Waals surface area (Å²) in [5, 5.41) is 9.48. The van der Waals surface area contributed by atoms with Gasteiger partial charge in [-0.15, -0.1) is 0 Å². The molecule has 2 rings (SSSR count). The topological polar surface area (TPSA) is 49.5 Å². The minimum absolute atomic E-state index is 0.253. The van der Waals surface area contributed by atoms with Crippen molar-refractivity contribution in [2.45, 2.75) is 45.3 Å². The fraction of sp³-hybridized carbons (Fsp3) is 0.571. The molecule has 1 aromatic rings. The maximum Gasteiger partial charge on any atom is 0.0587 e. The number of fused-ring (bicyclic) bond motifs is 1. The lowest BCUT2D eigenvalue weighted by Gasteiger charge is -2.25. The number of aliphatic hydroxyl groups is 1. The molecule has 0 fully saturated rings. The molecule has 0 saturated heterocycles. The summed E-state index contributed by atoms with van der Waals surface area (Å²) in [5.74, 6) is 0. The van der Waals surface area contributed by atoms with E-state index in [0.29, 0.717) is 6.04 Å². The van der Waals surface area contributed by atoms with Crippen LogP contribution in [0.2, 0.25) is 0 Å². The van der Waals surface area contributed by atoms with Gasteiger partial charge in [0.1, 0.15) is 0 Å². The van der Waals surface area contributed by atoms with E-state index in [0.717, 1.165) is 25.2 Å². The molecule has 1 atom stereocenters. The van der Waals surface area contributed by atoms with Gasteiger partial charge < -0.3 is 10.8 Å². The first-order valence-electron chi connectivity index (χ1n) is 6.46. The number of anilines is 1. The fourth-order valence-corrected chi connectivity index (χ4v) is 2.53. The van der Waals surface area contributed by atoms with Crippen LogP contribution in [0.5, 0.6) is 0 Å². The van der Waals surface area contributed by atoms with Crippen LogP contribution in [-0.4, -0.2) is 22.7 Å². The SMILES string of the molecule is CCCCC(CO)N1Cc2ccc(N)cc2C1. The van der Waals surface area contributed by atoms with E-state index in [2.05, 4.69) is 24.0 Å². The molecule has 1 unspecified atom stereocenters. The van der Waals surface area contributed by atoms with Crippen LogP contribution in [0.25, 0.3) is 0 Å². The van der Waals surface area contributed by atoms with Crippen LogP contribution in [0, 0.1) is 0 Å². The van der Waals surface area contributed by atoms with Gasteiger partial charge in [0.15, 0.2) is 0 Å². The van der Waals surface area contributed by atoms with Crippen LogP contribution in [0.4, 0.5) is 5.69 Å². The number of nitrogens with zero attached hydrogens (tertiary/aromatic N) is 1. The summed E-state index contributed by atoms with van der Waals surface area (Å²) in [6.45, 7) is 4.32. The van der Waals surface area contributed by atoms with Crippen molar-refractivity contribution in [3.63, 3.8) is 0 Å². The molecule has 3 nitrogen and oxygen atoms in total. The molecule has 0 radical (unpaired) electrons. The minimum Gasteiger partial charge on any atom is -0.399 e. The summed E-state index contributed by atoms with van der Waals surface area (Å²) in [7, 11) is 0. The van der Waals surface area contributed by atoms with Crippen molar-refractivity contribution >= 4 is 5.69 Å². The maximum absolute atomic E-state index is 9.48. The average molecular weight is 234 g/mol. The fourth-order valence-electron chi connectivity index (χ4n) is 2.53. The Hall–Kier alpha value is -1.06. The van der Waals surface area contributed by atoms with Gasteiger partial charge in [0, 0.05) is 24.8 Å². The molecule has 1 aliphatic heterocycles. The average Bonchev–Trinajstić information content (AvgIpc) is 2.72. The maximum atomic E-state index is 9.48. The molecule has 1 heterocycles. The van der Waals surface area contributed by atoms with Gasteiger partial charge in [0.2, 0.25) is 0 Å². The van der Waals surface area contributed by atoms with E-state index < -0.39 is 0 Å². The molecule has 0 amide bonds. The lowest BCUT2D eigenvalue weighted by molar-refractivity contribution is 0.113. The normalized spacial score (nSPS) is 17.1. The number of nitrogens with two attached hydrogens (primary N) is 1. The number of nitrogen functional groups attached to an aromatic ring is 1. The van der Waals surface area contributed by atoms with Crippen molar-refractivity contribution in [1.29, 1.82) is 0 Å². The third-order valence-corrected chi connectivity index (χ3v) is 3.60. The zero-order valence-corrected chi connectivity index (χ0v) is 10.5. The molecule has 1 aliphatic rings. The summed E-state index contributed by atoms with van der Waals surface area (Å²) < 4.78 is 0. The predicted molar refractivity (Wildman–Crippen MR) is 70.5 cm³/mol. The molecule has 0 spiro atoms. The Morgan fingerprint density at radius 3 is 2.82 bits per heavy atom. The molecule has 3 N–H and O–H groups in total. The molecular formula is C14H22N2O. The Labute approximate surface area is 103 Å². The van der Waals surface area contributed by atoms with Crippen molar-refractivity contribution in [3.05, 3.63) is 29.3 Å². The molecule has 0 aliphatic carbocycles. The number of hydrogen-bond donors (Lipinski definition) is 2. The highest BCUT2D eigenvalue weighted by atomic mass is 16.3. The van der Waals surface area contributed by atoms with Crippen LogP contribution < -0.4 is 5.73 Å². The minimum atomic E-state index is 0.253. The number of benzene rings is 1. The Bertz CT molecular complexity index is 378. The largest absolute Gasteiger partial charge is 0.399 e. The van der Waals surface area contributed by atoms with E-state index in [9.17, 15) is 5.11 Å². The Morgan fingerprint density at radius 1 is 1.35 bits per heavy atom. The van der Waals surface area contributed by atoms with Gasteiger partial charge in [-0.2, -0.15) is 0 Å². The van der Waals surface area contributed by atoms with Gasteiger partial charge in [-0.3, -0.25) is 4.90 Å². The standard InChI is InChI=1S/C14H22N2O/c1-2-3-4-14(10-17)16-8-11-5-6-13(15)7-12(11)9-16/h5-7,14,17H,2-4,8-10,15H2,1H3. The smallest absolute Gasteiger partial charge is 0.0587 e. The van der Waals surface area contributed by atoms with Crippen molar-refractivity contribution in [1.82, 2.24) is 4.90 Å². The Balaban J connectivity index is 2.02. The van der Waals surface area contributed by atoms with Crippen molar-refractivity contribution in [3.8, 4) is 0 Å². The summed E-state index contributed by atoms with van der Waals surface area (Å²) >= 11 is 0. The molecule has 17 heavy (non-hydrogen) atoms. The molecule has 0 bridgehead atoms. The highest BCUT2D eigenvalue weighted by molar-refractivity contribution is 5.46. The first kappa shape index (κ1) is 12.4. The first-order valence-corrected chi connectivity index (χ1v) is 6.46. The summed E-state index contributed by atoms with van der Waals surface area (Å²) in [6, 6.07) is 6.42. The highest BCUT2D eigenvalue weighted by Gasteiger charge is 2.24. The Morgan fingerprint density at radius 2 is 2.12 bits per heavy atom. The van der Waals surface area contributed by atoms with Crippen molar-refractivity contribution in [2.24, 2.45) is 0 Å². The van der Waals surface area contributed by atoms with Gasteiger partial charge in [-0.1, -0.05) is 25.8 Å². The van der Waals surface area contributed by atoms with E-state index >= 15 is 0 Å². The Kier molecular flexibility index (Phi) is 4.02. The number of aliphatic hydroxyl groups excluding tert-OH is 1. The lowest BCUT2D eigenvalue weighted by atomic mass is 10.1. The third kappa shape index (κ3) is 2.79. The monoisotopic (exact) mass is 234 g/mol. The first-order chi connectivity index (χ1) is 8.24. The van der Waals surface area contributed by atoms with E-state index in [1.54, 1.807) is 0 Å². The highest BCUT2D eigenvalue weighted by Crippen LogP contribution is 2.27. The molecule has 0 saturated carbocycles. The molecule has 94 valence electrons. The predicted octanol–water partition coefficient (Wildman–Crippen LogP) is 2.14. The lowest BCUT2D eigenvalue weighted by Crippen LogP contribution is -2.33. The van der Waals surface area contributed by atoms with Crippen LogP contribution >= 0.6 is 0 Å². The third-order valence-electron chi connectivity index (χ3n) is 3.60. The van der Waals surface area contributed by atoms with E-state index in [1.165, 1.54) is 24.0 Å². The van der Waals surface area contributed by atoms with E-state index in [-0.39, 0.29) is 6.61 Å². The van der Waals surface area contributed by atoms with Crippen molar-refractivity contribution in [2.75, 3.05) is 12.3 Å². The quantitative estimate of drug-likeness (QED) is 0.767. The van der Waals surface area contributed by atoms with Gasteiger partial charge in [0.25, 0.3) is 0 Å². The van der Waals surface area contributed by atoms with Crippen LogP contribution in [0.3, 0.4) is 0 Å².